The molecule has 0 aliphatic carbocycles. The molecule has 1 aliphatic heterocycles. The minimum atomic E-state index is 0.587. The molecule has 0 radical (unpaired) electrons. The van der Waals surface area contributed by atoms with Gasteiger partial charge in [0.2, 0.25) is 0 Å². The minimum absolute atomic E-state index is 0.587. The van der Waals surface area contributed by atoms with E-state index < -0.39 is 0 Å². The highest BCUT2D eigenvalue weighted by Gasteiger charge is 2.18. The number of aromatic nitrogens is 1. The SMILES string of the molecule is C[C@H]1CNCCN1Cc1csc(Cl)n1. The summed E-state index contributed by atoms with van der Waals surface area (Å²) in [6.07, 6.45) is 0. The van der Waals surface area contributed by atoms with Crippen molar-refractivity contribution in [3.05, 3.63) is 15.5 Å². The molecule has 1 aromatic heterocycles. The van der Waals surface area contributed by atoms with E-state index in [2.05, 4.69) is 22.1 Å². The van der Waals surface area contributed by atoms with Crippen molar-refractivity contribution >= 4 is 22.9 Å². The predicted molar refractivity (Wildman–Crippen MR) is 59.9 cm³/mol. The maximum absolute atomic E-state index is 5.79. The van der Waals surface area contributed by atoms with Crippen LogP contribution in [0.1, 0.15) is 12.6 Å². The van der Waals surface area contributed by atoms with Crippen LogP contribution in [0.25, 0.3) is 0 Å². The van der Waals surface area contributed by atoms with Crippen molar-refractivity contribution in [1.29, 1.82) is 0 Å². The van der Waals surface area contributed by atoms with Gasteiger partial charge in [-0.3, -0.25) is 4.90 Å². The van der Waals surface area contributed by atoms with Gasteiger partial charge < -0.3 is 5.32 Å². The summed E-state index contributed by atoms with van der Waals surface area (Å²) in [5, 5.41) is 5.41. The molecule has 0 saturated carbocycles. The molecule has 1 saturated heterocycles. The smallest absolute Gasteiger partial charge is 0.183 e. The molecule has 0 bridgehead atoms. The quantitative estimate of drug-likeness (QED) is 0.838. The Balaban J connectivity index is 1.95. The zero-order valence-electron chi connectivity index (χ0n) is 8.16. The Hall–Kier alpha value is -0.160. The molecule has 2 rings (SSSR count). The molecule has 1 aromatic rings. The van der Waals surface area contributed by atoms with Gasteiger partial charge in [-0.05, 0) is 6.92 Å². The molecular formula is C9H14ClN3S. The number of rotatable bonds is 2. The van der Waals surface area contributed by atoms with Gasteiger partial charge in [0, 0.05) is 37.6 Å². The fraction of sp³-hybridized carbons (Fsp3) is 0.667. The second-order valence-corrected chi connectivity index (χ2v) is 5.06. The highest BCUT2D eigenvalue weighted by Crippen LogP contribution is 2.17. The molecular weight excluding hydrogens is 218 g/mol. The number of nitrogens with one attached hydrogen (secondary N) is 1. The molecule has 0 aromatic carbocycles. The third-order valence-corrected chi connectivity index (χ3v) is 3.56. The molecule has 78 valence electrons. The number of piperazine rings is 1. The third-order valence-electron chi connectivity index (χ3n) is 2.53. The Labute approximate surface area is 93.1 Å². The van der Waals surface area contributed by atoms with E-state index in [9.17, 15) is 0 Å². The Kier molecular flexibility index (Phi) is 3.38. The highest BCUT2D eigenvalue weighted by atomic mass is 35.5. The average molecular weight is 232 g/mol. The van der Waals surface area contributed by atoms with E-state index in [4.69, 9.17) is 11.6 Å². The van der Waals surface area contributed by atoms with Gasteiger partial charge in [0.15, 0.2) is 4.47 Å². The van der Waals surface area contributed by atoms with Crippen molar-refractivity contribution in [2.45, 2.75) is 19.5 Å². The van der Waals surface area contributed by atoms with Crippen LogP contribution in [-0.2, 0) is 6.54 Å². The normalized spacial score (nSPS) is 24.0. The first-order valence-electron chi connectivity index (χ1n) is 4.80. The van der Waals surface area contributed by atoms with Crippen LogP contribution in [0.15, 0.2) is 5.38 Å². The standard InChI is InChI=1S/C9H14ClN3S/c1-7-4-11-2-3-13(7)5-8-6-14-9(10)12-8/h6-7,11H,2-5H2,1H3/t7-/m0/s1. The highest BCUT2D eigenvalue weighted by molar-refractivity contribution is 7.13. The van der Waals surface area contributed by atoms with E-state index in [1.807, 2.05) is 5.38 Å². The molecule has 5 heteroatoms. The lowest BCUT2D eigenvalue weighted by Crippen LogP contribution is -2.49. The number of halogens is 1. The number of hydrogen-bond acceptors (Lipinski definition) is 4. The largest absolute Gasteiger partial charge is 0.314 e. The second kappa shape index (κ2) is 4.57. The van der Waals surface area contributed by atoms with Crippen LogP contribution in [0.3, 0.4) is 0 Å². The number of hydrogen-bond donors (Lipinski definition) is 1. The van der Waals surface area contributed by atoms with Crippen LogP contribution in [0.4, 0.5) is 0 Å². The lowest BCUT2D eigenvalue weighted by molar-refractivity contribution is 0.164. The fourth-order valence-electron chi connectivity index (χ4n) is 1.68. The van der Waals surface area contributed by atoms with Crippen molar-refractivity contribution in [3.63, 3.8) is 0 Å². The van der Waals surface area contributed by atoms with Crippen LogP contribution in [0.5, 0.6) is 0 Å². The molecule has 0 unspecified atom stereocenters. The van der Waals surface area contributed by atoms with Crippen molar-refractivity contribution in [2.75, 3.05) is 19.6 Å². The summed E-state index contributed by atoms with van der Waals surface area (Å²) in [7, 11) is 0. The molecule has 2 heterocycles. The molecule has 0 amide bonds. The van der Waals surface area contributed by atoms with Gasteiger partial charge in [-0.2, -0.15) is 0 Å². The maximum atomic E-state index is 5.79. The maximum Gasteiger partial charge on any atom is 0.183 e. The van der Waals surface area contributed by atoms with Crippen LogP contribution >= 0.6 is 22.9 Å². The Bertz CT molecular complexity index is 302. The van der Waals surface area contributed by atoms with Crippen LogP contribution in [0, 0.1) is 0 Å². The van der Waals surface area contributed by atoms with Gasteiger partial charge >= 0.3 is 0 Å². The summed E-state index contributed by atoms with van der Waals surface area (Å²) in [5.74, 6) is 0. The predicted octanol–water partition coefficient (Wildman–Crippen LogP) is 1.59. The van der Waals surface area contributed by atoms with Crippen LogP contribution < -0.4 is 5.32 Å². The summed E-state index contributed by atoms with van der Waals surface area (Å²) in [6, 6.07) is 0.587. The Morgan fingerprint density at radius 2 is 2.64 bits per heavy atom. The minimum Gasteiger partial charge on any atom is -0.314 e. The van der Waals surface area contributed by atoms with E-state index in [0.29, 0.717) is 10.5 Å². The van der Waals surface area contributed by atoms with Gasteiger partial charge in [0.05, 0.1) is 5.69 Å². The molecule has 0 spiro atoms. The van der Waals surface area contributed by atoms with E-state index in [1.165, 1.54) is 11.3 Å². The first kappa shape index (κ1) is 10.4. The second-order valence-electron chi connectivity index (χ2n) is 3.62. The Morgan fingerprint density at radius 3 is 3.29 bits per heavy atom. The van der Waals surface area contributed by atoms with Crippen molar-refractivity contribution in [1.82, 2.24) is 15.2 Å². The van der Waals surface area contributed by atoms with Crippen LogP contribution in [0.2, 0.25) is 4.47 Å². The average Bonchev–Trinajstić information content (AvgIpc) is 2.56. The lowest BCUT2D eigenvalue weighted by atomic mass is 10.2. The molecule has 1 fully saturated rings. The van der Waals surface area contributed by atoms with Gasteiger partial charge in [-0.25, -0.2) is 4.98 Å². The summed E-state index contributed by atoms with van der Waals surface area (Å²) in [5.41, 5.74) is 1.09. The monoisotopic (exact) mass is 231 g/mol. The number of nitrogens with zero attached hydrogens (tertiary/aromatic N) is 2. The van der Waals surface area contributed by atoms with Gasteiger partial charge in [-0.1, -0.05) is 11.6 Å². The van der Waals surface area contributed by atoms with Crippen molar-refractivity contribution in [3.8, 4) is 0 Å². The summed E-state index contributed by atoms with van der Waals surface area (Å²) in [6.45, 7) is 6.39. The third kappa shape index (κ3) is 2.45. The van der Waals surface area contributed by atoms with Crippen LogP contribution in [-0.4, -0.2) is 35.6 Å². The Morgan fingerprint density at radius 1 is 1.79 bits per heavy atom. The topological polar surface area (TPSA) is 28.2 Å². The van der Waals surface area contributed by atoms with Crippen molar-refractivity contribution in [2.24, 2.45) is 0 Å². The summed E-state index contributed by atoms with van der Waals surface area (Å²) >= 11 is 7.30. The number of thiazole rings is 1. The zero-order valence-corrected chi connectivity index (χ0v) is 9.74. The first-order valence-corrected chi connectivity index (χ1v) is 6.06. The van der Waals surface area contributed by atoms with E-state index >= 15 is 0 Å². The van der Waals surface area contributed by atoms with E-state index in [-0.39, 0.29) is 0 Å². The van der Waals surface area contributed by atoms with Crippen molar-refractivity contribution < 1.29 is 0 Å². The summed E-state index contributed by atoms with van der Waals surface area (Å²) in [4.78, 5) is 6.69. The van der Waals surface area contributed by atoms with Gasteiger partial charge in [0.25, 0.3) is 0 Å². The van der Waals surface area contributed by atoms with E-state index in [0.717, 1.165) is 31.9 Å². The molecule has 1 atom stereocenters. The zero-order chi connectivity index (χ0) is 9.97. The molecule has 1 N–H and O–H groups in total. The van der Waals surface area contributed by atoms with Gasteiger partial charge in [-0.15, -0.1) is 11.3 Å². The van der Waals surface area contributed by atoms with Gasteiger partial charge in [0.1, 0.15) is 0 Å². The van der Waals surface area contributed by atoms with E-state index in [1.54, 1.807) is 0 Å². The fourth-order valence-corrected chi connectivity index (χ4v) is 2.45. The molecule has 1 aliphatic rings. The lowest BCUT2D eigenvalue weighted by Gasteiger charge is -2.33. The molecule has 3 nitrogen and oxygen atoms in total. The first-order chi connectivity index (χ1) is 6.75. The molecule has 14 heavy (non-hydrogen) atoms. The summed E-state index contributed by atoms with van der Waals surface area (Å²) < 4.78 is 0.641.